The Balaban J connectivity index is 3.09. The van der Waals surface area contributed by atoms with Crippen LogP contribution in [0.5, 0.6) is 5.75 Å². The number of rotatable bonds is 7. The van der Waals surface area contributed by atoms with Gasteiger partial charge in [-0.25, -0.2) is 22.7 Å². The number of aliphatic carboxylic acids is 1. The minimum Gasteiger partial charge on any atom is -0.495 e. The molecule has 0 aromatic heterocycles. The molecule has 22 heavy (non-hydrogen) atoms. The first kappa shape index (κ1) is 17.9. The Morgan fingerprint density at radius 3 is 2.45 bits per heavy atom. The highest BCUT2D eigenvalue weighted by Gasteiger charge is 2.23. The van der Waals surface area contributed by atoms with E-state index >= 15 is 0 Å². The van der Waals surface area contributed by atoms with Gasteiger partial charge in [0.2, 0.25) is 10.0 Å². The van der Waals surface area contributed by atoms with Crippen molar-refractivity contribution in [1.29, 1.82) is 0 Å². The minimum absolute atomic E-state index is 0.0869. The first-order valence-corrected chi connectivity index (χ1v) is 7.38. The number of benzene rings is 1. The van der Waals surface area contributed by atoms with Gasteiger partial charge in [0.1, 0.15) is 10.6 Å². The van der Waals surface area contributed by atoms with Gasteiger partial charge in [0.15, 0.2) is 6.10 Å². The summed E-state index contributed by atoms with van der Waals surface area (Å²) in [6.45, 7) is -0.709. The van der Waals surface area contributed by atoms with E-state index < -0.39 is 34.6 Å². The van der Waals surface area contributed by atoms with Crippen molar-refractivity contribution < 1.29 is 37.7 Å². The molecule has 0 saturated heterocycles. The monoisotopic (exact) mass is 333 g/mol. The number of nitrogens with one attached hydrogen (secondary N) is 1. The quantitative estimate of drug-likeness (QED) is 0.551. The summed E-state index contributed by atoms with van der Waals surface area (Å²) in [4.78, 5) is 21.6. The Hall–Kier alpha value is -2.17. The highest BCUT2D eigenvalue weighted by Crippen LogP contribution is 2.25. The first-order valence-electron chi connectivity index (χ1n) is 5.89. The van der Waals surface area contributed by atoms with E-state index in [0.717, 1.165) is 6.07 Å². The summed E-state index contributed by atoms with van der Waals surface area (Å²) in [5, 5.41) is 17.6. The second-order valence-electron chi connectivity index (χ2n) is 4.06. The molecule has 10 heteroatoms. The van der Waals surface area contributed by atoms with Crippen LogP contribution in [0, 0.1) is 0 Å². The molecule has 0 aliphatic heterocycles. The SMILES string of the molecule is COC(=O)c1ccc(S(=O)(=O)NC[C@H](O)C(=O)O)c(OC)c1. The van der Waals surface area contributed by atoms with Crippen LogP contribution >= 0.6 is 0 Å². The van der Waals surface area contributed by atoms with Crippen molar-refractivity contribution in [3.05, 3.63) is 23.8 Å². The topological polar surface area (TPSA) is 139 Å². The van der Waals surface area contributed by atoms with Gasteiger partial charge in [0.05, 0.1) is 19.8 Å². The van der Waals surface area contributed by atoms with Crippen LogP contribution in [-0.2, 0) is 19.6 Å². The predicted octanol–water partition coefficient (Wildman–Crippen LogP) is -0.794. The van der Waals surface area contributed by atoms with Crippen LogP contribution in [0.3, 0.4) is 0 Å². The third-order valence-corrected chi connectivity index (χ3v) is 4.09. The van der Waals surface area contributed by atoms with Crippen LogP contribution in [0.15, 0.2) is 23.1 Å². The van der Waals surface area contributed by atoms with E-state index in [1.54, 1.807) is 0 Å². The zero-order valence-electron chi connectivity index (χ0n) is 11.8. The standard InChI is InChI=1S/C12H15NO8S/c1-20-9-5-7(12(17)21-2)3-4-10(9)22(18,19)13-6-8(14)11(15)16/h3-5,8,13-14H,6H2,1-2H3,(H,15,16)/t8-/m0/s1. The molecule has 3 N–H and O–H groups in total. The summed E-state index contributed by atoms with van der Waals surface area (Å²) in [6.07, 6.45) is -1.88. The second-order valence-corrected chi connectivity index (χ2v) is 5.80. The fourth-order valence-electron chi connectivity index (χ4n) is 1.49. The van der Waals surface area contributed by atoms with Crippen molar-refractivity contribution in [1.82, 2.24) is 4.72 Å². The second kappa shape index (κ2) is 7.20. The molecule has 0 unspecified atom stereocenters. The Morgan fingerprint density at radius 2 is 1.95 bits per heavy atom. The molecule has 1 rings (SSSR count). The number of aliphatic hydroxyl groups excluding tert-OH is 1. The van der Waals surface area contributed by atoms with Crippen molar-refractivity contribution >= 4 is 22.0 Å². The fourth-order valence-corrected chi connectivity index (χ4v) is 2.68. The maximum Gasteiger partial charge on any atom is 0.337 e. The van der Waals surface area contributed by atoms with Gasteiger partial charge >= 0.3 is 11.9 Å². The lowest BCUT2D eigenvalue weighted by Crippen LogP contribution is -2.36. The Kier molecular flexibility index (Phi) is 5.85. The molecule has 0 spiro atoms. The normalized spacial score (nSPS) is 12.5. The number of carbonyl (C=O) groups is 2. The number of hydrogen-bond acceptors (Lipinski definition) is 7. The summed E-state index contributed by atoms with van der Waals surface area (Å²) in [5.74, 6) is -2.35. The molecule has 0 aliphatic carbocycles. The Morgan fingerprint density at radius 1 is 1.32 bits per heavy atom. The number of esters is 1. The zero-order valence-corrected chi connectivity index (χ0v) is 12.6. The van der Waals surface area contributed by atoms with Gasteiger partial charge in [-0.3, -0.25) is 0 Å². The molecule has 9 nitrogen and oxygen atoms in total. The lowest BCUT2D eigenvalue weighted by Gasteiger charge is -2.12. The van der Waals surface area contributed by atoms with Gasteiger partial charge in [0.25, 0.3) is 0 Å². The van der Waals surface area contributed by atoms with E-state index in [0.29, 0.717) is 0 Å². The third kappa shape index (κ3) is 4.16. The number of hydrogen-bond donors (Lipinski definition) is 3. The summed E-state index contributed by atoms with van der Waals surface area (Å²) in [6, 6.07) is 3.51. The lowest BCUT2D eigenvalue weighted by molar-refractivity contribution is -0.146. The fraction of sp³-hybridized carbons (Fsp3) is 0.333. The molecular formula is C12H15NO8S. The minimum atomic E-state index is -4.13. The number of carboxylic acids is 1. The molecule has 0 aliphatic rings. The molecule has 1 atom stereocenters. The molecular weight excluding hydrogens is 318 g/mol. The molecule has 1 aromatic rings. The smallest absolute Gasteiger partial charge is 0.337 e. The van der Waals surface area contributed by atoms with E-state index in [4.69, 9.17) is 14.9 Å². The van der Waals surface area contributed by atoms with Crippen LogP contribution in [0.2, 0.25) is 0 Å². The van der Waals surface area contributed by atoms with Gasteiger partial charge in [-0.15, -0.1) is 0 Å². The van der Waals surface area contributed by atoms with Gasteiger partial charge in [-0.1, -0.05) is 0 Å². The average Bonchev–Trinajstić information content (AvgIpc) is 2.50. The molecule has 0 saturated carbocycles. The van der Waals surface area contributed by atoms with E-state index in [1.165, 1.54) is 26.4 Å². The maximum absolute atomic E-state index is 12.1. The van der Waals surface area contributed by atoms with Crippen molar-refractivity contribution in [2.24, 2.45) is 0 Å². The molecule has 0 heterocycles. The van der Waals surface area contributed by atoms with Crippen LogP contribution in [0.4, 0.5) is 0 Å². The largest absolute Gasteiger partial charge is 0.495 e. The predicted molar refractivity (Wildman–Crippen MR) is 73.2 cm³/mol. The Bertz CT molecular complexity index is 670. The number of carboxylic acid groups (broad SMARTS) is 1. The summed E-state index contributed by atoms with van der Waals surface area (Å²) < 4.78 is 35.5. The van der Waals surface area contributed by atoms with Gasteiger partial charge in [-0.05, 0) is 18.2 Å². The van der Waals surface area contributed by atoms with Crippen LogP contribution in [-0.4, -0.2) is 57.4 Å². The van der Waals surface area contributed by atoms with Crippen molar-refractivity contribution in [3.8, 4) is 5.75 Å². The van der Waals surface area contributed by atoms with Crippen molar-refractivity contribution in [3.63, 3.8) is 0 Å². The highest BCUT2D eigenvalue weighted by atomic mass is 32.2. The van der Waals surface area contributed by atoms with Crippen molar-refractivity contribution in [2.45, 2.75) is 11.0 Å². The van der Waals surface area contributed by atoms with Gasteiger partial charge in [0, 0.05) is 6.54 Å². The van der Waals surface area contributed by atoms with E-state index in [9.17, 15) is 18.0 Å². The lowest BCUT2D eigenvalue weighted by atomic mass is 10.2. The molecule has 1 aromatic carbocycles. The first-order chi connectivity index (χ1) is 10.2. The number of methoxy groups -OCH3 is 2. The van der Waals surface area contributed by atoms with E-state index in [2.05, 4.69) is 4.74 Å². The number of aliphatic hydroxyl groups is 1. The maximum atomic E-state index is 12.1. The van der Waals surface area contributed by atoms with E-state index in [-0.39, 0.29) is 16.2 Å². The number of ether oxygens (including phenoxy) is 2. The molecule has 0 radical (unpaired) electrons. The van der Waals surface area contributed by atoms with Crippen LogP contribution < -0.4 is 9.46 Å². The van der Waals surface area contributed by atoms with E-state index in [1.807, 2.05) is 4.72 Å². The van der Waals surface area contributed by atoms with Crippen molar-refractivity contribution in [2.75, 3.05) is 20.8 Å². The molecule has 0 bridgehead atoms. The third-order valence-electron chi connectivity index (χ3n) is 2.63. The van der Waals surface area contributed by atoms with Crippen LogP contribution in [0.25, 0.3) is 0 Å². The van der Waals surface area contributed by atoms with Gasteiger partial charge < -0.3 is 19.7 Å². The van der Waals surface area contributed by atoms with Crippen LogP contribution in [0.1, 0.15) is 10.4 Å². The molecule has 122 valence electrons. The summed E-state index contributed by atoms with van der Waals surface area (Å²) in [5.41, 5.74) is 0.0869. The number of carbonyl (C=O) groups excluding carboxylic acids is 1. The molecule has 0 fully saturated rings. The average molecular weight is 333 g/mol. The highest BCUT2D eigenvalue weighted by molar-refractivity contribution is 7.89. The Labute approximate surface area is 126 Å². The number of sulfonamides is 1. The summed E-state index contributed by atoms with van der Waals surface area (Å²) >= 11 is 0. The molecule has 0 amide bonds. The zero-order chi connectivity index (χ0) is 16.9. The van der Waals surface area contributed by atoms with Gasteiger partial charge in [-0.2, -0.15) is 0 Å². The summed E-state index contributed by atoms with van der Waals surface area (Å²) in [7, 11) is -1.75.